The molecule has 142 valence electrons. The molecule has 4 aromatic rings. The van der Waals surface area contributed by atoms with Gasteiger partial charge in [-0.2, -0.15) is 0 Å². The van der Waals surface area contributed by atoms with Gasteiger partial charge in [-0.3, -0.25) is 0 Å². The van der Waals surface area contributed by atoms with E-state index in [1.807, 2.05) is 0 Å². The fourth-order valence-corrected chi connectivity index (χ4v) is 8.69. The molecule has 3 heterocycles. The largest absolute Gasteiger partial charge is 0.551 e. The summed E-state index contributed by atoms with van der Waals surface area (Å²) < 4.78 is 6.68. The Morgan fingerprint density at radius 1 is 0.700 bits per heavy atom. The van der Waals surface area contributed by atoms with Gasteiger partial charge in [0.25, 0.3) is 0 Å². The lowest BCUT2D eigenvalue weighted by molar-refractivity contribution is 0.590. The summed E-state index contributed by atoms with van der Waals surface area (Å²) in [5, 5.41) is 3.00. The number of fused-ring (bicyclic) bond motifs is 6. The van der Waals surface area contributed by atoms with Crippen molar-refractivity contribution in [3.63, 3.8) is 0 Å². The van der Waals surface area contributed by atoms with E-state index in [1.165, 1.54) is 49.5 Å². The van der Waals surface area contributed by atoms with Crippen LogP contribution in [-0.2, 0) is 0 Å². The van der Waals surface area contributed by atoms with Gasteiger partial charge in [0.15, 0.2) is 0 Å². The van der Waals surface area contributed by atoms with Crippen LogP contribution in [0.5, 0.6) is 5.75 Å². The van der Waals surface area contributed by atoms with E-state index < -0.39 is 8.07 Å². The van der Waals surface area contributed by atoms with Crippen molar-refractivity contribution in [3.8, 4) is 16.9 Å². The van der Waals surface area contributed by atoms with Crippen LogP contribution < -0.4 is 30.9 Å². The van der Waals surface area contributed by atoms with Crippen molar-refractivity contribution in [2.45, 2.75) is 13.1 Å². The summed E-state index contributed by atoms with van der Waals surface area (Å²) >= 11 is 0. The molecule has 0 atom stereocenters. The van der Waals surface area contributed by atoms with Crippen LogP contribution in [0.2, 0.25) is 13.1 Å². The fraction of sp³-hybridized carbons (Fsp3) is 0.0769. The topological polar surface area (TPSA) is 12.5 Å². The summed E-state index contributed by atoms with van der Waals surface area (Å²) in [6.45, 7) is 4.89. The number of para-hydroxylation sites is 3. The fourth-order valence-electron chi connectivity index (χ4n) is 5.69. The molecule has 0 radical (unpaired) electrons. The highest BCUT2D eigenvalue weighted by molar-refractivity contribution is 7.03. The van der Waals surface area contributed by atoms with Crippen LogP contribution in [0, 0.1) is 0 Å². The molecule has 0 fully saturated rings. The molecule has 0 saturated carbocycles. The first-order valence-electron chi connectivity index (χ1n) is 10.6. The summed E-state index contributed by atoms with van der Waals surface area (Å²) in [5.41, 5.74) is 8.99. The maximum atomic E-state index is 6.68. The maximum absolute atomic E-state index is 6.68. The molecule has 2 nitrogen and oxygen atoms in total. The first-order valence-corrected chi connectivity index (χ1v) is 13.6. The van der Waals surface area contributed by atoms with Crippen molar-refractivity contribution in [1.82, 2.24) is 0 Å². The molecule has 3 aliphatic heterocycles. The second-order valence-corrected chi connectivity index (χ2v) is 13.3. The molecule has 0 N–H and O–H groups in total. The average molecular weight is 401 g/mol. The lowest BCUT2D eigenvalue weighted by atomic mass is 9.49. The molecular formula is C26H20BNOSi. The minimum atomic E-state index is -1.82. The summed E-state index contributed by atoms with van der Waals surface area (Å²) in [7, 11) is -1.82. The molecule has 4 heteroatoms. The first kappa shape index (κ1) is 16.5. The van der Waals surface area contributed by atoms with Crippen molar-refractivity contribution < 1.29 is 4.65 Å². The van der Waals surface area contributed by atoms with E-state index in [9.17, 15) is 0 Å². The van der Waals surface area contributed by atoms with E-state index in [-0.39, 0.29) is 6.92 Å². The Morgan fingerprint density at radius 2 is 1.40 bits per heavy atom. The van der Waals surface area contributed by atoms with Crippen molar-refractivity contribution in [2.75, 3.05) is 4.90 Å². The molecule has 30 heavy (non-hydrogen) atoms. The van der Waals surface area contributed by atoms with E-state index in [4.69, 9.17) is 4.65 Å². The third-order valence-corrected chi connectivity index (χ3v) is 10.6. The van der Waals surface area contributed by atoms with Gasteiger partial charge >= 0.3 is 6.92 Å². The summed E-state index contributed by atoms with van der Waals surface area (Å²) in [6, 6.07) is 31.0. The van der Waals surface area contributed by atoms with Gasteiger partial charge < -0.3 is 9.55 Å². The molecule has 0 spiro atoms. The zero-order valence-electron chi connectivity index (χ0n) is 17.0. The van der Waals surface area contributed by atoms with E-state index in [0.29, 0.717) is 0 Å². The highest BCUT2D eigenvalue weighted by atomic mass is 28.3. The molecule has 7 rings (SSSR count). The Balaban J connectivity index is 1.63. The second kappa shape index (κ2) is 5.47. The number of benzene rings is 4. The quantitative estimate of drug-likeness (QED) is 0.416. The summed E-state index contributed by atoms with van der Waals surface area (Å²) in [6.07, 6.45) is 0. The Labute approximate surface area is 177 Å². The predicted molar refractivity (Wildman–Crippen MR) is 129 cm³/mol. The van der Waals surface area contributed by atoms with Gasteiger partial charge in [0.1, 0.15) is 13.8 Å². The van der Waals surface area contributed by atoms with Crippen molar-refractivity contribution >= 4 is 53.4 Å². The highest BCUT2D eigenvalue weighted by Crippen LogP contribution is 2.43. The molecule has 0 aromatic heterocycles. The Kier molecular flexibility index (Phi) is 3.01. The molecule has 0 bridgehead atoms. The van der Waals surface area contributed by atoms with Crippen molar-refractivity contribution in [2.24, 2.45) is 0 Å². The van der Waals surface area contributed by atoms with Crippen LogP contribution in [0.3, 0.4) is 0 Å². The van der Waals surface area contributed by atoms with Gasteiger partial charge in [0.05, 0.1) is 0 Å². The maximum Gasteiger partial charge on any atom is 0.431 e. The normalized spacial score (nSPS) is 16.1. The van der Waals surface area contributed by atoms with E-state index in [0.717, 1.165) is 5.75 Å². The predicted octanol–water partition coefficient (Wildman–Crippen LogP) is 3.77. The smallest absolute Gasteiger partial charge is 0.431 e. The standard InChI is InChI=1S/C26H20BNOSi/c1-30(2)23-15-6-4-12-20(23)28-21-13-7-10-18-17-9-3-5-14-22(17)29-27(25(18)21)19-11-8-16-24(30)26(19)28/h3-16H,1-2H3. The van der Waals surface area contributed by atoms with Gasteiger partial charge in [-0.1, -0.05) is 79.8 Å². The molecule has 3 aliphatic rings. The van der Waals surface area contributed by atoms with E-state index in [2.05, 4.69) is 103 Å². The highest BCUT2D eigenvalue weighted by Gasteiger charge is 2.48. The third kappa shape index (κ3) is 1.86. The number of anilines is 3. The van der Waals surface area contributed by atoms with Crippen LogP contribution >= 0.6 is 0 Å². The van der Waals surface area contributed by atoms with Crippen LogP contribution in [0.4, 0.5) is 17.1 Å². The molecular weight excluding hydrogens is 381 g/mol. The molecule has 0 amide bonds. The summed E-state index contributed by atoms with van der Waals surface area (Å²) in [5.74, 6) is 0.978. The van der Waals surface area contributed by atoms with Crippen molar-refractivity contribution in [3.05, 3.63) is 84.9 Å². The van der Waals surface area contributed by atoms with Crippen molar-refractivity contribution in [1.29, 1.82) is 0 Å². The number of nitrogens with zero attached hydrogens (tertiary/aromatic N) is 1. The Hall–Kier alpha value is -3.24. The number of hydrogen-bond acceptors (Lipinski definition) is 2. The van der Waals surface area contributed by atoms with Crippen LogP contribution in [0.15, 0.2) is 84.9 Å². The Morgan fingerprint density at radius 3 is 2.33 bits per heavy atom. The number of hydrogen-bond donors (Lipinski definition) is 0. The van der Waals surface area contributed by atoms with Crippen LogP contribution in [0.25, 0.3) is 11.1 Å². The molecule has 0 aliphatic carbocycles. The minimum Gasteiger partial charge on any atom is -0.551 e. The minimum absolute atomic E-state index is 0.0626. The first-order chi connectivity index (χ1) is 14.7. The second-order valence-electron chi connectivity index (χ2n) is 8.95. The van der Waals surface area contributed by atoms with Gasteiger partial charge in [0.2, 0.25) is 0 Å². The molecule has 0 saturated heterocycles. The zero-order valence-corrected chi connectivity index (χ0v) is 18.0. The number of rotatable bonds is 0. The van der Waals surface area contributed by atoms with Gasteiger partial charge in [-0.15, -0.1) is 0 Å². The lowest BCUT2D eigenvalue weighted by Gasteiger charge is -2.47. The van der Waals surface area contributed by atoms with Gasteiger partial charge in [-0.05, 0) is 39.6 Å². The zero-order chi connectivity index (χ0) is 20.0. The monoisotopic (exact) mass is 401 g/mol. The average Bonchev–Trinajstić information content (AvgIpc) is 2.78. The summed E-state index contributed by atoms with van der Waals surface area (Å²) in [4.78, 5) is 2.50. The van der Waals surface area contributed by atoms with E-state index in [1.54, 1.807) is 0 Å². The van der Waals surface area contributed by atoms with Gasteiger partial charge in [-0.25, -0.2) is 0 Å². The molecule has 0 unspecified atom stereocenters. The van der Waals surface area contributed by atoms with Gasteiger partial charge in [0, 0.05) is 28.1 Å². The van der Waals surface area contributed by atoms with Crippen LogP contribution in [0.1, 0.15) is 0 Å². The SMILES string of the molecule is C[Si]1(C)c2ccccc2N2c3cccc4c3B(Oc3ccccc3-4)c3cccc1c32. The Bertz CT molecular complexity index is 1380. The van der Waals surface area contributed by atoms with E-state index >= 15 is 0 Å². The molecule has 4 aromatic carbocycles. The third-order valence-electron chi connectivity index (χ3n) is 7.07. The lowest BCUT2D eigenvalue weighted by Crippen LogP contribution is -2.65. The van der Waals surface area contributed by atoms with Crippen LogP contribution in [-0.4, -0.2) is 15.0 Å².